The number of rotatable bonds is 5. The van der Waals surface area contributed by atoms with Crippen LogP contribution in [-0.4, -0.2) is 25.5 Å². The lowest BCUT2D eigenvalue weighted by molar-refractivity contribution is 0.0829. The molecule has 1 aromatic rings. The average molecular weight is 247 g/mol. The molecular formula is C15H21NO2. The summed E-state index contributed by atoms with van der Waals surface area (Å²) in [6.45, 7) is 6.32. The molecule has 1 N–H and O–H groups in total. The molecule has 0 unspecified atom stereocenters. The van der Waals surface area contributed by atoms with Gasteiger partial charge >= 0.3 is 0 Å². The predicted octanol–water partition coefficient (Wildman–Crippen LogP) is 2.58. The molecule has 18 heavy (non-hydrogen) atoms. The Morgan fingerprint density at radius 3 is 3.06 bits per heavy atom. The van der Waals surface area contributed by atoms with Gasteiger partial charge in [-0.2, -0.15) is 0 Å². The second kappa shape index (κ2) is 6.01. The molecule has 1 aromatic carbocycles. The van der Waals surface area contributed by atoms with E-state index in [1.165, 1.54) is 6.42 Å². The van der Waals surface area contributed by atoms with Crippen LogP contribution in [0.1, 0.15) is 35.7 Å². The molecule has 98 valence electrons. The Morgan fingerprint density at radius 2 is 2.28 bits per heavy atom. The smallest absolute Gasteiger partial charge is 0.174 e. The molecule has 0 bridgehead atoms. The van der Waals surface area contributed by atoms with E-state index < -0.39 is 0 Å². The molecule has 1 heterocycles. The highest BCUT2D eigenvalue weighted by Gasteiger charge is 2.28. The number of hydrogen-bond acceptors (Lipinski definition) is 3. The number of nitrogens with one attached hydrogen (secondary N) is 1. The van der Waals surface area contributed by atoms with Crippen LogP contribution in [0.4, 0.5) is 0 Å². The summed E-state index contributed by atoms with van der Waals surface area (Å²) in [7, 11) is 0. The van der Waals surface area contributed by atoms with Crippen LogP contribution in [0.15, 0.2) is 18.2 Å². The van der Waals surface area contributed by atoms with E-state index in [1.54, 1.807) is 0 Å². The Labute approximate surface area is 109 Å². The lowest BCUT2D eigenvalue weighted by Crippen LogP contribution is -2.36. The number of benzene rings is 1. The van der Waals surface area contributed by atoms with Crippen LogP contribution >= 0.6 is 0 Å². The number of aryl methyl sites for hydroxylation is 1. The number of carbonyl (C=O) groups excluding carboxylic acids is 1. The minimum Gasteiger partial charge on any atom is -0.492 e. The molecule has 3 nitrogen and oxygen atoms in total. The van der Waals surface area contributed by atoms with Crippen molar-refractivity contribution >= 4 is 5.78 Å². The van der Waals surface area contributed by atoms with Gasteiger partial charge in [-0.25, -0.2) is 0 Å². The van der Waals surface area contributed by atoms with Gasteiger partial charge in [0.2, 0.25) is 0 Å². The summed E-state index contributed by atoms with van der Waals surface area (Å²) in [4.78, 5) is 12.3. The van der Waals surface area contributed by atoms with Crippen LogP contribution in [0, 0.1) is 12.8 Å². The fourth-order valence-corrected chi connectivity index (χ4v) is 2.25. The maximum Gasteiger partial charge on any atom is 0.174 e. The minimum atomic E-state index is -0.0452. The van der Waals surface area contributed by atoms with Crippen molar-refractivity contribution in [2.45, 2.75) is 26.7 Å². The maximum atomic E-state index is 12.3. The van der Waals surface area contributed by atoms with E-state index in [1.807, 2.05) is 25.1 Å². The van der Waals surface area contributed by atoms with Crippen molar-refractivity contribution in [3.05, 3.63) is 29.3 Å². The van der Waals surface area contributed by atoms with Crippen LogP contribution < -0.4 is 10.1 Å². The van der Waals surface area contributed by atoms with Crippen molar-refractivity contribution in [2.75, 3.05) is 19.7 Å². The summed E-state index contributed by atoms with van der Waals surface area (Å²) >= 11 is 0. The molecule has 0 amide bonds. The molecule has 0 spiro atoms. The molecule has 0 radical (unpaired) electrons. The van der Waals surface area contributed by atoms with E-state index >= 15 is 0 Å². The van der Waals surface area contributed by atoms with Crippen LogP contribution in [0.3, 0.4) is 0 Å². The van der Waals surface area contributed by atoms with Crippen molar-refractivity contribution in [1.82, 2.24) is 5.32 Å². The summed E-state index contributed by atoms with van der Waals surface area (Å²) in [6.07, 6.45) is 2.32. The van der Waals surface area contributed by atoms with Gasteiger partial charge < -0.3 is 10.1 Å². The zero-order valence-electron chi connectivity index (χ0n) is 11.2. The number of para-hydroxylation sites is 1. The van der Waals surface area contributed by atoms with E-state index in [-0.39, 0.29) is 11.7 Å². The van der Waals surface area contributed by atoms with Gasteiger partial charge in [-0.05, 0) is 31.5 Å². The number of carbonyl (C=O) groups is 1. The van der Waals surface area contributed by atoms with Crippen molar-refractivity contribution in [3.63, 3.8) is 0 Å². The monoisotopic (exact) mass is 247 g/mol. The van der Waals surface area contributed by atoms with Gasteiger partial charge in [-0.1, -0.05) is 25.5 Å². The molecule has 1 aliphatic rings. The zero-order valence-corrected chi connectivity index (χ0v) is 11.2. The molecule has 0 aromatic heterocycles. The summed E-state index contributed by atoms with van der Waals surface area (Å²) in [5.74, 6) is 0.937. The second-order valence-electron chi connectivity index (χ2n) is 4.88. The van der Waals surface area contributed by atoms with Crippen LogP contribution in [0.2, 0.25) is 0 Å². The number of fused-ring (bicyclic) bond motifs is 1. The van der Waals surface area contributed by atoms with E-state index in [0.717, 1.165) is 29.8 Å². The molecular weight excluding hydrogens is 226 g/mol. The highest BCUT2D eigenvalue weighted by molar-refractivity contribution is 6.01. The van der Waals surface area contributed by atoms with Gasteiger partial charge in [0.25, 0.3) is 0 Å². The first-order chi connectivity index (χ1) is 8.74. The van der Waals surface area contributed by atoms with Gasteiger partial charge in [0.1, 0.15) is 5.75 Å². The minimum absolute atomic E-state index is 0.0452. The summed E-state index contributed by atoms with van der Waals surface area (Å²) in [5.41, 5.74) is 1.78. The van der Waals surface area contributed by atoms with Gasteiger partial charge in [-0.3, -0.25) is 4.79 Å². The number of hydrogen-bond donors (Lipinski definition) is 1. The summed E-state index contributed by atoms with van der Waals surface area (Å²) in [6, 6.07) is 5.76. The third-order valence-corrected chi connectivity index (χ3v) is 3.37. The van der Waals surface area contributed by atoms with Crippen LogP contribution in [0.5, 0.6) is 5.75 Å². The highest BCUT2D eigenvalue weighted by Crippen LogP contribution is 2.30. The number of ether oxygens (including phenoxy) is 1. The Balaban J connectivity index is 2.00. The van der Waals surface area contributed by atoms with Crippen LogP contribution in [0.25, 0.3) is 0 Å². The van der Waals surface area contributed by atoms with E-state index in [9.17, 15) is 4.79 Å². The lowest BCUT2D eigenvalue weighted by atomic mass is 9.93. The van der Waals surface area contributed by atoms with E-state index in [4.69, 9.17) is 4.74 Å². The molecule has 0 fully saturated rings. The Morgan fingerprint density at radius 1 is 1.44 bits per heavy atom. The lowest BCUT2D eigenvalue weighted by Gasteiger charge is -2.25. The number of unbranched alkanes of at least 4 members (excludes halogenated alkanes) is 1. The second-order valence-corrected chi connectivity index (χ2v) is 4.88. The molecule has 0 saturated carbocycles. The molecule has 2 rings (SSSR count). The van der Waals surface area contributed by atoms with Crippen molar-refractivity contribution in [3.8, 4) is 5.75 Å². The summed E-state index contributed by atoms with van der Waals surface area (Å²) < 4.78 is 5.73. The molecule has 0 saturated heterocycles. The Bertz CT molecular complexity index is 429. The van der Waals surface area contributed by atoms with Gasteiger partial charge in [0, 0.05) is 6.54 Å². The molecule has 1 aliphatic heterocycles. The number of Topliss-reactive ketones (excluding diaryl/α,β-unsaturated/α-hetero) is 1. The normalized spacial score (nSPS) is 18.3. The van der Waals surface area contributed by atoms with Gasteiger partial charge in [0.05, 0.1) is 18.1 Å². The van der Waals surface area contributed by atoms with E-state index in [0.29, 0.717) is 13.2 Å². The van der Waals surface area contributed by atoms with Gasteiger partial charge in [0.15, 0.2) is 5.78 Å². The van der Waals surface area contributed by atoms with E-state index in [2.05, 4.69) is 12.2 Å². The maximum absolute atomic E-state index is 12.3. The number of ketones is 1. The summed E-state index contributed by atoms with van der Waals surface area (Å²) in [5, 5.41) is 3.33. The Kier molecular flexibility index (Phi) is 4.37. The standard InChI is InChI=1S/C15H21NO2/c1-3-4-8-16-9-12-10-18-15-11(2)6-5-7-13(15)14(12)17/h5-7,12,16H,3-4,8-10H2,1-2H3/t12-/m1/s1. The zero-order chi connectivity index (χ0) is 13.0. The SMILES string of the molecule is CCCCNC[C@@H]1COc2c(C)cccc2C1=O. The van der Waals surface area contributed by atoms with Crippen molar-refractivity contribution in [1.29, 1.82) is 0 Å². The fraction of sp³-hybridized carbons (Fsp3) is 0.533. The van der Waals surface area contributed by atoms with Crippen molar-refractivity contribution < 1.29 is 9.53 Å². The quantitative estimate of drug-likeness (QED) is 0.813. The largest absolute Gasteiger partial charge is 0.492 e. The molecule has 3 heteroatoms. The first kappa shape index (κ1) is 13.1. The third-order valence-electron chi connectivity index (χ3n) is 3.37. The molecule has 1 atom stereocenters. The highest BCUT2D eigenvalue weighted by atomic mass is 16.5. The van der Waals surface area contributed by atoms with Gasteiger partial charge in [-0.15, -0.1) is 0 Å². The third kappa shape index (κ3) is 2.72. The fourth-order valence-electron chi connectivity index (χ4n) is 2.25. The average Bonchev–Trinajstić information content (AvgIpc) is 2.38. The first-order valence-corrected chi connectivity index (χ1v) is 6.71. The molecule has 0 aliphatic carbocycles. The Hall–Kier alpha value is -1.35. The topological polar surface area (TPSA) is 38.3 Å². The van der Waals surface area contributed by atoms with Crippen molar-refractivity contribution in [2.24, 2.45) is 5.92 Å². The van der Waals surface area contributed by atoms with Crippen LogP contribution in [-0.2, 0) is 0 Å². The first-order valence-electron chi connectivity index (χ1n) is 6.71. The predicted molar refractivity (Wildman–Crippen MR) is 72.3 cm³/mol.